The molecule has 0 heterocycles. The minimum Gasteiger partial charge on any atom is -0.394 e. The number of aliphatic hydroxyl groups is 1. The fourth-order valence-corrected chi connectivity index (χ4v) is 1.19. The highest BCUT2D eigenvalue weighted by molar-refractivity contribution is 7.80. The summed E-state index contributed by atoms with van der Waals surface area (Å²) >= 11 is 3.98. The van der Waals surface area contributed by atoms with Gasteiger partial charge >= 0.3 is 0 Å². The second-order valence-corrected chi connectivity index (χ2v) is 3.05. The van der Waals surface area contributed by atoms with Gasteiger partial charge in [0.15, 0.2) is 0 Å². The molecule has 2 nitrogen and oxygen atoms in total. The summed E-state index contributed by atoms with van der Waals surface area (Å²) in [7, 11) is 0. The van der Waals surface area contributed by atoms with Crippen LogP contribution in [0.25, 0.3) is 0 Å². The summed E-state index contributed by atoms with van der Waals surface area (Å²) in [6.07, 6.45) is 0. The average Bonchev–Trinajstić information content (AvgIpc) is 2.01. The van der Waals surface area contributed by atoms with Crippen LogP contribution in [-0.4, -0.2) is 11.7 Å². The lowest BCUT2D eigenvalue weighted by Gasteiger charge is -2.08. The van der Waals surface area contributed by atoms with Gasteiger partial charge in [0, 0.05) is 4.90 Å². The summed E-state index contributed by atoms with van der Waals surface area (Å²) in [5, 5.41) is 8.70. The van der Waals surface area contributed by atoms with Crippen molar-refractivity contribution in [2.75, 3.05) is 6.61 Å². The Kier molecular flexibility index (Phi) is 3.08. The zero-order valence-corrected chi connectivity index (χ0v) is 7.26. The van der Waals surface area contributed by atoms with Gasteiger partial charge in [0.1, 0.15) is 5.82 Å². The van der Waals surface area contributed by atoms with E-state index in [1.807, 2.05) is 0 Å². The van der Waals surface area contributed by atoms with E-state index in [1.165, 1.54) is 12.1 Å². The first-order valence-electron chi connectivity index (χ1n) is 3.49. The summed E-state index contributed by atoms with van der Waals surface area (Å²) in [6.45, 7) is -0.198. The topological polar surface area (TPSA) is 46.2 Å². The van der Waals surface area contributed by atoms with Gasteiger partial charge in [-0.2, -0.15) is 0 Å². The Morgan fingerprint density at radius 1 is 1.50 bits per heavy atom. The predicted molar refractivity (Wildman–Crippen MR) is 47.7 cm³/mol. The largest absolute Gasteiger partial charge is 0.394 e. The van der Waals surface area contributed by atoms with E-state index in [-0.39, 0.29) is 12.4 Å². The zero-order chi connectivity index (χ0) is 9.14. The molecule has 0 bridgehead atoms. The van der Waals surface area contributed by atoms with Crippen molar-refractivity contribution < 1.29 is 9.50 Å². The van der Waals surface area contributed by atoms with E-state index in [1.54, 1.807) is 6.07 Å². The molecule has 0 radical (unpaired) electrons. The first kappa shape index (κ1) is 9.51. The number of halogens is 1. The molecular weight excluding hydrogens is 177 g/mol. The maximum atomic E-state index is 12.7. The van der Waals surface area contributed by atoms with Gasteiger partial charge in [-0.05, 0) is 23.8 Å². The third-order valence-corrected chi connectivity index (χ3v) is 1.79. The molecule has 0 aliphatic carbocycles. The van der Waals surface area contributed by atoms with Crippen LogP contribution in [0, 0.1) is 5.82 Å². The minimum atomic E-state index is -0.536. The number of nitrogens with two attached hydrogens (primary N) is 1. The number of aliphatic hydroxyl groups excluding tert-OH is 1. The second-order valence-electron chi connectivity index (χ2n) is 2.53. The van der Waals surface area contributed by atoms with Crippen molar-refractivity contribution in [2.45, 2.75) is 10.9 Å². The standard InChI is InChI=1S/C8H10FNOS/c9-6-1-5(8(10)4-11)2-7(12)3-6/h1-3,8,11-12H,4,10H2. The van der Waals surface area contributed by atoms with E-state index in [2.05, 4.69) is 12.6 Å². The van der Waals surface area contributed by atoms with Crippen molar-refractivity contribution in [3.8, 4) is 0 Å². The SMILES string of the molecule is NC(CO)c1cc(F)cc(S)c1. The molecule has 0 aliphatic rings. The van der Waals surface area contributed by atoms with Crippen LogP contribution in [0.2, 0.25) is 0 Å². The summed E-state index contributed by atoms with van der Waals surface area (Å²) in [6, 6.07) is 3.68. The van der Waals surface area contributed by atoms with E-state index in [9.17, 15) is 4.39 Å². The third-order valence-electron chi connectivity index (χ3n) is 1.53. The summed E-state index contributed by atoms with van der Waals surface area (Å²) in [4.78, 5) is 0.508. The molecule has 3 N–H and O–H groups in total. The van der Waals surface area contributed by atoms with Gasteiger partial charge in [0.25, 0.3) is 0 Å². The molecule has 1 aromatic carbocycles. The maximum Gasteiger partial charge on any atom is 0.124 e. The minimum absolute atomic E-state index is 0.198. The van der Waals surface area contributed by atoms with Gasteiger partial charge in [0.05, 0.1) is 12.6 Å². The van der Waals surface area contributed by atoms with E-state index >= 15 is 0 Å². The number of benzene rings is 1. The Morgan fingerprint density at radius 2 is 2.17 bits per heavy atom. The van der Waals surface area contributed by atoms with E-state index in [0.29, 0.717) is 10.5 Å². The Bertz CT molecular complexity index is 260. The normalized spacial score (nSPS) is 13.0. The Labute approximate surface area is 75.6 Å². The van der Waals surface area contributed by atoms with Crippen LogP contribution < -0.4 is 5.73 Å². The highest BCUT2D eigenvalue weighted by Crippen LogP contribution is 2.16. The van der Waals surface area contributed by atoms with Crippen LogP contribution in [0.4, 0.5) is 4.39 Å². The smallest absolute Gasteiger partial charge is 0.124 e. The molecule has 0 saturated heterocycles. The molecule has 0 fully saturated rings. The van der Waals surface area contributed by atoms with Crippen molar-refractivity contribution in [1.82, 2.24) is 0 Å². The number of rotatable bonds is 2. The van der Waals surface area contributed by atoms with Crippen molar-refractivity contribution in [1.29, 1.82) is 0 Å². The average molecular weight is 187 g/mol. The van der Waals surface area contributed by atoms with Crippen LogP contribution >= 0.6 is 12.6 Å². The molecule has 12 heavy (non-hydrogen) atoms. The summed E-state index contributed by atoms with van der Waals surface area (Å²) in [5.41, 5.74) is 6.04. The first-order valence-corrected chi connectivity index (χ1v) is 3.94. The molecule has 0 spiro atoms. The molecule has 66 valence electrons. The molecule has 1 unspecified atom stereocenters. The van der Waals surface area contributed by atoms with Crippen molar-refractivity contribution in [3.63, 3.8) is 0 Å². The highest BCUT2D eigenvalue weighted by atomic mass is 32.1. The van der Waals surface area contributed by atoms with Crippen LogP contribution in [0.15, 0.2) is 23.1 Å². The van der Waals surface area contributed by atoms with E-state index < -0.39 is 6.04 Å². The van der Waals surface area contributed by atoms with Crippen molar-refractivity contribution in [2.24, 2.45) is 5.73 Å². The van der Waals surface area contributed by atoms with Gasteiger partial charge in [-0.3, -0.25) is 0 Å². The lowest BCUT2D eigenvalue weighted by molar-refractivity contribution is 0.267. The van der Waals surface area contributed by atoms with Gasteiger partial charge in [-0.15, -0.1) is 12.6 Å². The van der Waals surface area contributed by atoms with Gasteiger partial charge in [-0.1, -0.05) is 0 Å². The molecule has 0 aromatic heterocycles. The van der Waals surface area contributed by atoms with E-state index in [0.717, 1.165) is 0 Å². The molecule has 4 heteroatoms. The van der Waals surface area contributed by atoms with Crippen molar-refractivity contribution in [3.05, 3.63) is 29.6 Å². The maximum absolute atomic E-state index is 12.7. The molecule has 0 amide bonds. The molecule has 0 aliphatic heterocycles. The number of hydrogen-bond acceptors (Lipinski definition) is 3. The highest BCUT2D eigenvalue weighted by Gasteiger charge is 2.05. The van der Waals surface area contributed by atoms with Crippen LogP contribution in [-0.2, 0) is 0 Å². The lowest BCUT2D eigenvalue weighted by Crippen LogP contribution is -2.14. The summed E-state index contributed by atoms with van der Waals surface area (Å²) < 4.78 is 12.7. The molecule has 0 saturated carbocycles. The van der Waals surface area contributed by atoms with Gasteiger partial charge < -0.3 is 10.8 Å². The Morgan fingerprint density at radius 3 is 2.67 bits per heavy atom. The fraction of sp³-hybridized carbons (Fsp3) is 0.250. The predicted octanol–water partition coefficient (Wildman–Crippen LogP) is 1.11. The summed E-state index contributed by atoms with van der Waals surface area (Å²) in [5.74, 6) is -0.388. The van der Waals surface area contributed by atoms with E-state index in [4.69, 9.17) is 10.8 Å². The third kappa shape index (κ3) is 2.20. The molecule has 1 rings (SSSR count). The first-order chi connectivity index (χ1) is 5.63. The monoisotopic (exact) mass is 187 g/mol. The molecular formula is C8H10FNOS. The Balaban J connectivity index is 3.00. The fourth-order valence-electron chi connectivity index (χ4n) is 0.916. The molecule has 1 aromatic rings. The van der Waals surface area contributed by atoms with Crippen molar-refractivity contribution >= 4 is 12.6 Å². The van der Waals surface area contributed by atoms with Gasteiger partial charge in [0.2, 0.25) is 0 Å². The number of hydrogen-bond donors (Lipinski definition) is 3. The molecule has 1 atom stereocenters. The van der Waals surface area contributed by atoms with Gasteiger partial charge in [-0.25, -0.2) is 4.39 Å². The number of thiol groups is 1. The second kappa shape index (κ2) is 3.89. The van der Waals surface area contributed by atoms with Crippen LogP contribution in [0.1, 0.15) is 11.6 Å². The van der Waals surface area contributed by atoms with Crippen LogP contribution in [0.5, 0.6) is 0 Å². The van der Waals surface area contributed by atoms with Crippen LogP contribution in [0.3, 0.4) is 0 Å². The lowest BCUT2D eigenvalue weighted by atomic mass is 10.1. The Hall–Kier alpha value is -0.580. The zero-order valence-electron chi connectivity index (χ0n) is 6.37. The quantitative estimate of drug-likeness (QED) is 0.607.